The van der Waals surface area contributed by atoms with E-state index < -0.39 is 0 Å². The molecule has 0 aliphatic rings. The van der Waals surface area contributed by atoms with Crippen molar-refractivity contribution in [3.05, 3.63) is 76.2 Å². The summed E-state index contributed by atoms with van der Waals surface area (Å²) in [7, 11) is 0. The van der Waals surface area contributed by atoms with Crippen LogP contribution < -0.4 is 5.32 Å². The van der Waals surface area contributed by atoms with Crippen LogP contribution in [0.3, 0.4) is 0 Å². The molecule has 0 saturated carbocycles. The van der Waals surface area contributed by atoms with Gasteiger partial charge >= 0.3 is 6.01 Å². The average Bonchev–Trinajstić information content (AvgIpc) is 2.96. The van der Waals surface area contributed by atoms with Gasteiger partial charge in [0.15, 0.2) is 0 Å². The SMILES string of the molecule is Cc1ccc(Cc2nnc(NC(=O)c3ccc(C)cc3C)o2)cc1. The normalized spacial score (nSPS) is 10.6. The zero-order valence-corrected chi connectivity index (χ0v) is 14.0. The van der Waals surface area contributed by atoms with Crippen molar-refractivity contribution in [1.82, 2.24) is 10.2 Å². The second-order valence-electron chi connectivity index (χ2n) is 5.94. The van der Waals surface area contributed by atoms with Crippen LogP contribution in [0.4, 0.5) is 6.01 Å². The predicted octanol–water partition coefficient (Wildman–Crippen LogP) is 3.84. The Bertz CT molecular complexity index is 867. The van der Waals surface area contributed by atoms with Crippen molar-refractivity contribution in [1.29, 1.82) is 0 Å². The summed E-state index contributed by atoms with van der Waals surface area (Å²) in [5, 5.41) is 10.5. The number of rotatable bonds is 4. The molecule has 0 spiro atoms. The maximum absolute atomic E-state index is 12.3. The van der Waals surface area contributed by atoms with Crippen LogP contribution in [0.15, 0.2) is 46.9 Å². The molecule has 3 aromatic rings. The molecule has 0 unspecified atom stereocenters. The molecule has 0 atom stereocenters. The highest BCUT2D eigenvalue weighted by Gasteiger charge is 2.13. The lowest BCUT2D eigenvalue weighted by molar-refractivity contribution is 0.102. The van der Waals surface area contributed by atoms with Gasteiger partial charge in [-0.05, 0) is 38.0 Å². The molecular weight excluding hydrogens is 302 g/mol. The number of hydrogen-bond acceptors (Lipinski definition) is 4. The molecule has 0 aliphatic heterocycles. The van der Waals surface area contributed by atoms with E-state index in [2.05, 4.69) is 15.5 Å². The monoisotopic (exact) mass is 321 g/mol. The number of carbonyl (C=O) groups is 1. The summed E-state index contributed by atoms with van der Waals surface area (Å²) in [5.41, 5.74) is 4.90. The van der Waals surface area contributed by atoms with Gasteiger partial charge in [0.1, 0.15) is 0 Å². The van der Waals surface area contributed by atoms with Crippen molar-refractivity contribution in [3.63, 3.8) is 0 Å². The summed E-state index contributed by atoms with van der Waals surface area (Å²) in [6, 6.07) is 13.9. The van der Waals surface area contributed by atoms with Gasteiger partial charge in [-0.15, -0.1) is 5.10 Å². The minimum atomic E-state index is -0.252. The molecular formula is C19H19N3O2. The minimum absolute atomic E-state index is 0.113. The zero-order valence-electron chi connectivity index (χ0n) is 14.0. The molecule has 5 heteroatoms. The first-order valence-electron chi connectivity index (χ1n) is 7.78. The van der Waals surface area contributed by atoms with Crippen molar-refractivity contribution >= 4 is 11.9 Å². The van der Waals surface area contributed by atoms with Gasteiger partial charge in [0, 0.05) is 5.56 Å². The van der Waals surface area contributed by atoms with Crippen LogP contribution in [-0.4, -0.2) is 16.1 Å². The fourth-order valence-corrected chi connectivity index (χ4v) is 2.49. The van der Waals surface area contributed by atoms with Crippen LogP contribution in [0, 0.1) is 20.8 Å². The van der Waals surface area contributed by atoms with E-state index >= 15 is 0 Å². The number of nitrogens with one attached hydrogen (secondary N) is 1. The van der Waals surface area contributed by atoms with Gasteiger partial charge in [0.2, 0.25) is 5.89 Å². The van der Waals surface area contributed by atoms with E-state index in [1.54, 1.807) is 6.07 Å². The number of amides is 1. The molecule has 1 aromatic heterocycles. The maximum atomic E-state index is 12.3. The standard InChI is InChI=1S/C19H19N3O2/c1-12-4-7-15(8-5-12)11-17-21-22-19(24-17)20-18(23)16-9-6-13(2)10-14(16)3/h4-10H,11H2,1-3H3,(H,20,22,23). The van der Waals surface area contributed by atoms with Crippen molar-refractivity contribution < 1.29 is 9.21 Å². The summed E-state index contributed by atoms with van der Waals surface area (Å²) in [4.78, 5) is 12.3. The Balaban J connectivity index is 1.69. The molecule has 3 rings (SSSR count). The average molecular weight is 321 g/mol. The van der Waals surface area contributed by atoms with Gasteiger partial charge in [-0.25, -0.2) is 0 Å². The highest BCUT2D eigenvalue weighted by Crippen LogP contribution is 2.15. The number of aryl methyl sites for hydroxylation is 3. The molecule has 1 heterocycles. The Morgan fingerprint density at radius 1 is 1.00 bits per heavy atom. The largest absolute Gasteiger partial charge is 0.407 e. The molecule has 5 nitrogen and oxygen atoms in total. The summed E-state index contributed by atoms with van der Waals surface area (Å²) in [5.74, 6) is 0.216. The third-order valence-corrected chi connectivity index (χ3v) is 3.79. The smallest absolute Gasteiger partial charge is 0.322 e. The summed E-state index contributed by atoms with van der Waals surface area (Å²) >= 11 is 0. The summed E-state index contributed by atoms with van der Waals surface area (Å²) in [6.07, 6.45) is 0.534. The first-order valence-corrected chi connectivity index (χ1v) is 7.78. The molecule has 0 radical (unpaired) electrons. The fourth-order valence-electron chi connectivity index (χ4n) is 2.49. The quantitative estimate of drug-likeness (QED) is 0.793. The Kier molecular flexibility index (Phi) is 4.42. The first kappa shape index (κ1) is 15.9. The van der Waals surface area contributed by atoms with E-state index in [1.165, 1.54) is 5.56 Å². The van der Waals surface area contributed by atoms with Crippen molar-refractivity contribution in [2.75, 3.05) is 5.32 Å². The number of anilines is 1. The third-order valence-electron chi connectivity index (χ3n) is 3.79. The second-order valence-corrected chi connectivity index (χ2v) is 5.94. The predicted molar refractivity (Wildman–Crippen MR) is 92.2 cm³/mol. The van der Waals surface area contributed by atoms with Gasteiger partial charge in [-0.2, -0.15) is 0 Å². The molecule has 0 bridgehead atoms. The van der Waals surface area contributed by atoms with E-state index in [1.807, 2.05) is 57.2 Å². The lowest BCUT2D eigenvalue weighted by Crippen LogP contribution is -2.13. The molecule has 1 N–H and O–H groups in total. The van der Waals surface area contributed by atoms with Gasteiger partial charge in [0.25, 0.3) is 5.91 Å². The minimum Gasteiger partial charge on any atom is -0.407 e. The highest BCUT2D eigenvalue weighted by molar-refractivity contribution is 6.04. The van der Waals surface area contributed by atoms with Crippen molar-refractivity contribution in [2.24, 2.45) is 0 Å². The van der Waals surface area contributed by atoms with Gasteiger partial charge in [-0.1, -0.05) is 52.6 Å². The van der Waals surface area contributed by atoms with E-state index in [0.29, 0.717) is 17.9 Å². The Morgan fingerprint density at radius 3 is 2.42 bits per heavy atom. The summed E-state index contributed by atoms with van der Waals surface area (Å²) < 4.78 is 5.52. The van der Waals surface area contributed by atoms with Crippen LogP contribution >= 0.6 is 0 Å². The van der Waals surface area contributed by atoms with Crippen LogP contribution in [-0.2, 0) is 6.42 Å². The van der Waals surface area contributed by atoms with Crippen LogP contribution in [0.1, 0.15) is 38.5 Å². The zero-order chi connectivity index (χ0) is 17.1. The molecule has 2 aromatic carbocycles. The topological polar surface area (TPSA) is 68.0 Å². The van der Waals surface area contributed by atoms with Crippen molar-refractivity contribution in [2.45, 2.75) is 27.2 Å². The number of aromatic nitrogens is 2. The van der Waals surface area contributed by atoms with Gasteiger partial charge in [-0.3, -0.25) is 10.1 Å². The Hall–Kier alpha value is -2.95. The lowest BCUT2D eigenvalue weighted by Gasteiger charge is -2.05. The number of hydrogen-bond donors (Lipinski definition) is 1. The van der Waals surface area contributed by atoms with Crippen LogP contribution in [0.2, 0.25) is 0 Å². The first-order chi connectivity index (χ1) is 11.5. The number of benzene rings is 2. The van der Waals surface area contributed by atoms with E-state index in [0.717, 1.165) is 16.7 Å². The highest BCUT2D eigenvalue weighted by atomic mass is 16.4. The molecule has 122 valence electrons. The maximum Gasteiger partial charge on any atom is 0.322 e. The van der Waals surface area contributed by atoms with E-state index in [9.17, 15) is 4.79 Å². The molecule has 0 fully saturated rings. The van der Waals surface area contributed by atoms with Crippen LogP contribution in [0.5, 0.6) is 0 Å². The van der Waals surface area contributed by atoms with Gasteiger partial charge < -0.3 is 4.42 Å². The molecule has 0 saturated heterocycles. The van der Waals surface area contributed by atoms with Gasteiger partial charge in [0.05, 0.1) is 6.42 Å². The Morgan fingerprint density at radius 2 is 1.71 bits per heavy atom. The van der Waals surface area contributed by atoms with Crippen LogP contribution in [0.25, 0.3) is 0 Å². The lowest BCUT2D eigenvalue weighted by atomic mass is 10.1. The number of nitrogens with zero attached hydrogens (tertiary/aromatic N) is 2. The second kappa shape index (κ2) is 6.66. The van der Waals surface area contributed by atoms with E-state index in [-0.39, 0.29) is 11.9 Å². The Labute approximate surface area is 140 Å². The molecule has 0 aliphatic carbocycles. The number of carbonyl (C=O) groups excluding carboxylic acids is 1. The molecule has 24 heavy (non-hydrogen) atoms. The fraction of sp³-hybridized carbons (Fsp3) is 0.211. The van der Waals surface area contributed by atoms with Crippen molar-refractivity contribution in [3.8, 4) is 0 Å². The molecule has 1 amide bonds. The third kappa shape index (κ3) is 3.68. The van der Waals surface area contributed by atoms with E-state index in [4.69, 9.17) is 4.42 Å². The summed E-state index contributed by atoms with van der Waals surface area (Å²) in [6.45, 7) is 5.93.